The topological polar surface area (TPSA) is 39.4 Å². The van der Waals surface area contributed by atoms with Crippen LogP contribution in [0.15, 0.2) is 34.9 Å². The van der Waals surface area contributed by atoms with Crippen LogP contribution < -0.4 is 0 Å². The highest BCUT2D eigenvalue weighted by molar-refractivity contribution is 5.89. The van der Waals surface area contributed by atoms with Crippen LogP contribution in [0.5, 0.6) is 0 Å². The van der Waals surface area contributed by atoms with Crippen LogP contribution in [0.4, 0.5) is 8.78 Å². The first-order valence-electron chi connectivity index (χ1n) is 5.52. The highest BCUT2D eigenvalue weighted by Gasteiger charge is 2.40. The van der Waals surface area contributed by atoms with Crippen LogP contribution in [0.25, 0.3) is 11.0 Å². The Morgan fingerprint density at radius 2 is 2.17 bits per heavy atom. The molecule has 3 nitrogen and oxygen atoms in total. The highest BCUT2D eigenvalue weighted by Crippen LogP contribution is 2.31. The Hall–Kier alpha value is -1.75. The lowest BCUT2D eigenvalue weighted by molar-refractivity contribution is -0.149. The zero-order valence-corrected chi connectivity index (χ0v) is 9.78. The van der Waals surface area contributed by atoms with Gasteiger partial charge in [-0.3, -0.25) is 4.79 Å². The SMILES string of the molecule is CCOCC(=O)C(F)(F)c1ccc2occc2c1. The third kappa shape index (κ3) is 2.26. The normalized spacial score (nSPS) is 11.9. The van der Waals surface area contributed by atoms with E-state index in [1.54, 1.807) is 13.0 Å². The van der Waals surface area contributed by atoms with Crippen LogP contribution in [0.1, 0.15) is 12.5 Å². The molecular formula is C13H12F2O3. The van der Waals surface area contributed by atoms with Crippen molar-refractivity contribution in [2.45, 2.75) is 12.8 Å². The zero-order chi connectivity index (χ0) is 13.2. The fourth-order valence-electron chi connectivity index (χ4n) is 1.61. The molecule has 0 N–H and O–H groups in total. The number of carbonyl (C=O) groups is 1. The summed E-state index contributed by atoms with van der Waals surface area (Å²) in [5.41, 5.74) is 0.160. The van der Waals surface area contributed by atoms with E-state index in [0.717, 1.165) is 0 Å². The summed E-state index contributed by atoms with van der Waals surface area (Å²) in [6, 6.07) is 5.44. The summed E-state index contributed by atoms with van der Waals surface area (Å²) in [5.74, 6) is -4.78. The van der Waals surface area contributed by atoms with Gasteiger partial charge in [0.2, 0.25) is 5.78 Å². The average Bonchev–Trinajstić information content (AvgIpc) is 2.82. The molecule has 0 radical (unpaired) electrons. The minimum Gasteiger partial charge on any atom is -0.464 e. The quantitative estimate of drug-likeness (QED) is 0.822. The smallest absolute Gasteiger partial charge is 0.332 e. The van der Waals surface area contributed by atoms with E-state index in [-0.39, 0.29) is 12.2 Å². The minimum atomic E-state index is -3.54. The number of carbonyl (C=O) groups excluding carboxylic acids is 1. The first kappa shape index (κ1) is 12.7. The first-order chi connectivity index (χ1) is 8.55. The largest absolute Gasteiger partial charge is 0.464 e. The Morgan fingerprint density at radius 1 is 1.39 bits per heavy atom. The van der Waals surface area contributed by atoms with Crippen LogP contribution in [-0.2, 0) is 15.5 Å². The van der Waals surface area contributed by atoms with Gasteiger partial charge in [-0.05, 0) is 31.2 Å². The maximum Gasteiger partial charge on any atom is 0.332 e. The molecule has 0 saturated carbocycles. The number of alkyl halides is 2. The third-order valence-electron chi connectivity index (χ3n) is 2.60. The van der Waals surface area contributed by atoms with Gasteiger partial charge in [-0.1, -0.05) is 0 Å². The molecule has 0 aliphatic rings. The van der Waals surface area contributed by atoms with E-state index >= 15 is 0 Å². The fraction of sp³-hybridized carbons (Fsp3) is 0.308. The number of furan rings is 1. The fourth-order valence-corrected chi connectivity index (χ4v) is 1.61. The monoisotopic (exact) mass is 254 g/mol. The maximum atomic E-state index is 13.8. The van der Waals surface area contributed by atoms with Crippen LogP contribution in [-0.4, -0.2) is 19.0 Å². The van der Waals surface area contributed by atoms with E-state index in [9.17, 15) is 13.6 Å². The number of halogens is 2. The molecule has 0 saturated heterocycles. The number of Topliss-reactive ketones (excluding diaryl/α,β-unsaturated/α-hetero) is 1. The van der Waals surface area contributed by atoms with E-state index in [1.807, 2.05) is 0 Å². The molecule has 2 aromatic rings. The second kappa shape index (κ2) is 4.86. The van der Waals surface area contributed by atoms with E-state index in [0.29, 0.717) is 11.0 Å². The van der Waals surface area contributed by atoms with Gasteiger partial charge < -0.3 is 9.15 Å². The summed E-state index contributed by atoms with van der Waals surface area (Å²) in [7, 11) is 0. The average molecular weight is 254 g/mol. The van der Waals surface area contributed by atoms with Crippen LogP contribution in [0.2, 0.25) is 0 Å². The molecular weight excluding hydrogens is 242 g/mol. The zero-order valence-electron chi connectivity index (χ0n) is 9.78. The number of fused-ring (bicyclic) bond motifs is 1. The second-order valence-corrected chi connectivity index (χ2v) is 3.81. The molecule has 0 amide bonds. The third-order valence-corrected chi connectivity index (χ3v) is 2.60. The van der Waals surface area contributed by atoms with Crippen molar-refractivity contribution in [3.05, 3.63) is 36.1 Å². The van der Waals surface area contributed by atoms with Crippen LogP contribution in [0, 0.1) is 0 Å². The van der Waals surface area contributed by atoms with Gasteiger partial charge in [0.15, 0.2) is 0 Å². The molecule has 1 heterocycles. The number of rotatable bonds is 5. The van der Waals surface area contributed by atoms with Crippen molar-refractivity contribution in [3.63, 3.8) is 0 Å². The molecule has 0 bridgehead atoms. The van der Waals surface area contributed by atoms with Crippen molar-refractivity contribution in [1.29, 1.82) is 0 Å². The van der Waals surface area contributed by atoms with E-state index < -0.39 is 18.3 Å². The van der Waals surface area contributed by atoms with Gasteiger partial charge in [-0.15, -0.1) is 0 Å². The molecule has 0 atom stereocenters. The number of benzene rings is 1. The Balaban J connectivity index is 2.30. The van der Waals surface area contributed by atoms with Crippen molar-refractivity contribution in [2.24, 2.45) is 0 Å². The van der Waals surface area contributed by atoms with E-state index in [2.05, 4.69) is 0 Å². The first-order valence-corrected chi connectivity index (χ1v) is 5.52. The van der Waals surface area contributed by atoms with Gasteiger partial charge in [0.25, 0.3) is 0 Å². The van der Waals surface area contributed by atoms with Gasteiger partial charge in [0.05, 0.1) is 6.26 Å². The van der Waals surface area contributed by atoms with Crippen LogP contribution in [0.3, 0.4) is 0 Å². The Kier molecular flexibility index (Phi) is 3.43. The predicted molar refractivity (Wildman–Crippen MR) is 61.6 cm³/mol. The number of hydrogen-bond acceptors (Lipinski definition) is 3. The predicted octanol–water partition coefficient (Wildman–Crippen LogP) is 3.13. The van der Waals surface area contributed by atoms with Crippen LogP contribution >= 0.6 is 0 Å². The number of ether oxygens (including phenoxy) is 1. The lowest BCUT2D eigenvalue weighted by atomic mass is 10.0. The molecule has 0 aliphatic carbocycles. The van der Waals surface area contributed by atoms with Gasteiger partial charge >= 0.3 is 5.92 Å². The van der Waals surface area contributed by atoms with E-state index in [1.165, 1.54) is 24.5 Å². The van der Waals surface area contributed by atoms with Crippen molar-refractivity contribution in [2.75, 3.05) is 13.2 Å². The van der Waals surface area contributed by atoms with Crippen molar-refractivity contribution < 1.29 is 22.7 Å². The highest BCUT2D eigenvalue weighted by atomic mass is 19.3. The minimum absolute atomic E-state index is 0.225. The van der Waals surface area contributed by atoms with E-state index in [4.69, 9.17) is 9.15 Å². The lowest BCUT2D eigenvalue weighted by Gasteiger charge is -2.15. The molecule has 2 rings (SSSR count). The van der Waals surface area contributed by atoms with Crippen molar-refractivity contribution in [1.82, 2.24) is 0 Å². The van der Waals surface area contributed by atoms with Gasteiger partial charge in [0.1, 0.15) is 12.2 Å². The molecule has 0 unspecified atom stereocenters. The molecule has 0 aliphatic heterocycles. The summed E-state index contributed by atoms with van der Waals surface area (Å²) in [5, 5.41) is 0.538. The van der Waals surface area contributed by atoms with Gasteiger partial charge in [0, 0.05) is 17.6 Å². The Morgan fingerprint density at radius 3 is 2.89 bits per heavy atom. The Labute approximate surface area is 102 Å². The number of hydrogen-bond donors (Lipinski definition) is 0. The lowest BCUT2D eigenvalue weighted by Crippen LogP contribution is -2.29. The molecule has 96 valence electrons. The standard InChI is InChI=1S/C13H12F2O3/c1-2-17-8-12(16)13(14,15)10-3-4-11-9(7-10)5-6-18-11/h3-7H,2,8H2,1H3. The van der Waals surface area contributed by atoms with Crippen molar-refractivity contribution >= 4 is 16.8 Å². The van der Waals surface area contributed by atoms with Crippen molar-refractivity contribution in [3.8, 4) is 0 Å². The molecule has 0 spiro atoms. The molecule has 5 heteroatoms. The summed E-state index contributed by atoms with van der Waals surface area (Å²) in [4.78, 5) is 11.4. The molecule has 0 fully saturated rings. The van der Waals surface area contributed by atoms with Gasteiger partial charge in [-0.25, -0.2) is 0 Å². The summed E-state index contributed by atoms with van der Waals surface area (Å²) >= 11 is 0. The molecule has 1 aromatic heterocycles. The molecule has 1 aromatic carbocycles. The molecule has 18 heavy (non-hydrogen) atoms. The maximum absolute atomic E-state index is 13.8. The summed E-state index contributed by atoms with van der Waals surface area (Å²) in [6.45, 7) is 1.28. The van der Waals surface area contributed by atoms with Gasteiger partial charge in [-0.2, -0.15) is 8.78 Å². The number of ketones is 1. The summed E-state index contributed by atoms with van der Waals surface area (Å²) < 4.78 is 37.5. The second-order valence-electron chi connectivity index (χ2n) is 3.81. The summed E-state index contributed by atoms with van der Waals surface area (Å²) in [6.07, 6.45) is 1.41. The Bertz CT molecular complexity index is 560.